The van der Waals surface area contributed by atoms with Crippen LogP contribution in [0.4, 0.5) is 0 Å². The predicted octanol–water partition coefficient (Wildman–Crippen LogP) is 4.07. The van der Waals surface area contributed by atoms with Crippen LogP contribution >= 0.6 is 0 Å². The maximum atomic E-state index is 11.5. The molecular formula is C24H23N5O. The van der Waals surface area contributed by atoms with Gasteiger partial charge in [-0.15, -0.1) is 0 Å². The number of imidazole rings is 1. The molecule has 1 aliphatic rings. The number of hydrogen-bond acceptors (Lipinski definition) is 3. The largest absolute Gasteiger partial charge is 0.369 e. The van der Waals surface area contributed by atoms with E-state index in [9.17, 15) is 4.79 Å². The smallest absolute Gasteiger partial charge is 0.220 e. The lowest BCUT2D eigenvalue weighted by Crippen LogP contribution is -2.24. The standard InChI is InChI=1S/C24H23N5O/c1-28-15-20(13-27-28)16-5-7-18(8-6-16)22-14-26-23-4-2-3-21(29(22)23)17-9-11-19(12-10-17)24(25)30/h2-9,13-15,19H,10-12H2,1H3,(H2,25,30). The van der Waals surface area contributed by atoms with E-state index in [1.807, 2.05) is 37.8 Å². The Kier molecular flexibility index (Phi) is 4.47. The van der Waals surface area contributed by atoms with Crippen LogP contribution in [0.2, 0.25) is 0 Å². The lowest BCUT2D eigenvalue weighted by Gasteiger charge is -2.20. The molecule has 1 amide bonds. The Morgan fingerprint density at radius 2 is 1.83 bits per heavy atom. The Balaban J connectivity index is 1.54. The molecule has 6 nitrogen and oxygen atoms in total. The summed E-state index contributed by atoms with van der Waals surface area (Å²) in [5.74, 6) is -0.268. The molecule has 0 spiro atoms. The fourth-order valence-corrected chi connectivity index (χ4v) is 4.22. The first-order chi connectivity index (χ1) is 14.6. The second kappa shape index (κ2) is 7.30. The van der Waals surface area contributed by atoms with E-state index in [2.05, 4.69) is 50.9 Å². The van der Waals surface area contributed by atoms with E-state index in [4.69, 9.17) is 5.73 Å². The Hall–Kier alpha value is -3.67. The van der Waals surface area contributed by atoms with Crippen molar-refractivity contribution >= 4 is 17.1 Å². The van der Waals surface area contributed by atoms with Crippen LogP contribution in [0.25, 0.3) is 33.6 Å². The molecule has 3 heterocycles. The predicted molar refractivity (Wildman–Crippen MR) is 117 cm³/mol. The van der Waals surface area contributed by atoms with Gasteiger partial charge in [-0.05, 0) is 42.5 Å². The third-order valence-electron chi connectivity index (χ3n) is 5.89. The van der Waals surface area contributed by atoms with E-state index in [0.717, 1.165) is 46.6 Å². The number of carbonyl (C=O) groups is 1. The van der Waals surface area contributed by atoms with Crippen molar-refractivity contribution in [3.63, 3.8) is 0 Å². The molecule has 30 heavy (non-hydrogen) atoms. The van der Waals surface area contributed by atoms with Gasteiger partial charge in [0.15, 0.2) is 0 Å². The van der Waals surface area contributed by atoms with Crippen molar-refractivity contribution in [1.82, 2.24) is 19.2 Å². The van der Waals surface area contributed by atoms with Crippen molar-refractivity contribution in [3.05, 3.63) is 72.8 Å². The first-order valence-corrected chi connectivity index (χ1v) is 10.1. The summed E-state index contributed by atoms with van der Waals surface area (Å²) in [6, 6.07) is 14.7. The van der Waals surface area contributed by atoms with Crippen molar-refractivity contribution in [2.75, 3.05) is 0 Å². The summed E-state index contributed by atoms with van der Waals surface area (Å²) in [6.07, 6.45) is 10.3. The summed E-state index contributed by atoms with van der Waals surface area (Å²) in [7, 11) is 1.92. The molecule has 1 aliphatic carbocycles. The Bertz CT molecular complexity index is 1260. The molecule has 4 aromatic rings. The third-order valence-corrected chi connectivity index (χ3v) is 5.89. The monoisotopic (exact) mass is 397 g/mol. The second-order valence-corrected chi connectivity index (χ2v) is 7.83. The number of aromatic nitrogens is 4. The van der Waals surface area contributed by atoms with Crippen LogP contribution in [0.15, 0.2) is 67.1 Å². The van der Waals surface area contributed by atoms with Gasteiger partial charge in [-0.3, -0.25) is 13.9 Å². The number of nitrogens with zero attached hydrogens (tertiary/aromatic N) is 4. The van der Waals surface area contributed by atoms with Crippen LogP contribution in [0, 0.1) is 5.92 Å². The number of carbonyl (C=O) groups excluding carboxylic acids is 1. The average molecular weight is 397 g/mol. The summed E-state index contributed by atoms with van der Waals surface area (Å²) >= 11 is 0. The highest BCUT2D eigenvalue weighted by Crippen LogP contribution is 2.33. The molecule has 0 fully saturated rings. The van der Waals surface area contributed by atoms with Crippen molar-refractivity contribution < 1.29 is 4.79 Å². The van der Waals surface area contributed by atoms with Gasteiger partial charge >= 0.3 is 0 Å². The molecule has 0 saturated heterocycles. The highest BCUT2D eigenvalue weighted by Gasteiger charge is 2.21. The molecule has 1 aromatic carbocycles. The van der Waals surface area contributed by atoms with Crippen LogP contribution in [-0.2, 0) is 11.8 Å². The van der Waals surface area contributed by atoms with Gasteiger partial charge in [-0.2, -0.15) is 5.10 Å². The highest BCUT2D eigenvalue weighted by molar-refractivity contribution is 5.79. The minimum absolute atomic E-state index is 0.0600. The van der Waals surface area contributed by atoms with Gasteiger partial charge in [-0.1, -0.05) is 36.4 Å². The van der Waals surface area contributed by atoms with Gasteiger partial charge in [0.05, 0.1) is 23.8 Å². The Morgan fingerprint density at radius 3 is 2.50 bits per heavy atom. The summed E-state index contributed by atoms with van der Waals surface area (Å²) in [5.41, 5.74) is 13.2. The van der Waals surface area contributed by atoms with Gasteiger partial charge in [-0.25, -0.2) is 4.98 Å². The number of allylic oxidation sites excluding steroid dienone is 2. The number of primary amides is 1. The van der Waals surface area contributed by atoms with Crippen molar-refractivity contribution in [2.24, 2.45) is 18.7 Å². The van der Waals surface area contributed by atoms with E-state index >= 15 is 0 Å². The molecule has 0 saturated carbocycles. The maximum absolute atomic E-state index is 11.5. The van der Waals surface area contributed by atoms with Crippen LogP contribution in [-0.4, -0.2) is 25.1 Å². The zero-order valence-electron chi connectivity index (χ0n) is 16.8. The minimum atomic E-state index is -0.208. The van der Waals surface area contributed by atoms with Crippen LogP contribution in [0.1, 0.15) is 25.0 Å². The van der Waals surface area contributed by atoms with E-state index in [0.29, 0.717) is 6.42 Å². The zero-order valence-corrected chi connectivity index (χ0v) is 16.8. The molecule has 150 valence electrons. The second-order valence-electron chi connectivity index (χ2n) is 7.83. The van der Waals surface area contributed by atoms with Crippen molar-refractivity contribution in [2.45, 2.75) is 19.3 Å². The fraction of sp³-hybridized carbons (Fsp3) is 0.208. The van der Waals surface area contributed by atoms with Gasteiger partial charge in [0.2, 0.25) is 5.91 Å². The number of aryl methyl sites for hydroxylation is 1. The summed E-state index contributed by atoms with van der Waals surface area (Å²) in [4.78, 5) is 16.1. The number of rotatable bonds is 4. The SMILES string of the molecule is Cn1cc(-c2ccc(-c3cnc4cccc(C5=CCC(C(N)=O)CC5)n34)cc2)cn1. The quantitative estimate of drug-likeness (QED) is 0.564. The number of hydrogen-bond donors (Lipinski definition) is 1. The topological polar surface area (TPSA) is 78.2 Å². The lowest BCUT2D eigenvalue weighted by atomic mass is 9.87. The molecule has 6 heteroatoms. The number of nitrogens with two attached hydrogens (primary N) is 1. The van der Waals surface area contributed by atoms with Crippen LogP contribution in [0.3, 0.4) is 0 Å². The van der Waals surface area contributed by atoms with Gasteiger partial charge in [0.25, 0.3) is 0 Å². The summed E-state index contributed by atoms with van der Waals surface area (Å²) in [5, 5.41) is 4.25. The van der Waals surface area contributed by atoms with Gasteiger partial charge < -0.3 is 5.73 Å². The Morgan fingerprint density at radius 1 is 1.03 bits per heavy atom. The van der Waals surface area contributed by atoms with Crippen molar-refractivity contribution in [3.8, 4) is 22.4 Å². The number of fused-ring (bicyclic) bond motifs is 1. The van der Waals surface area contributed by atoms with Gasteiger partial charge in [0, 0.05) is 30.3 Å². The van der Waals surface area contributed by atoms with E-state index < -0.39 is 0 Å². The number of pyridine rings is 1. The fourth-order valence-electron chi connectivity index (χ4n) is 4.22. The van der Waals surface area contributed by atoms with Gasteiger partial charge in [0.1, 0.15) is 5.65 Å². The molecule has 0 bridgehead atoms. The first-order valence-electron chi connectivity index (χ1n) is 10.1. The molecule has 2 N–H and O–H groups in total. The molecular weight excluding hydrogens is 374 g/mol. The molecule has 0 aliphatic heterocycles. The molecule has 5 rings (SSSR count). The molecule has 0 radical (unpaired) electrons. The number of benzene rings is 1. The lowest BCUT2D eigenvalue weighted by molar-refractivity contribution is -0.121. The summed E-state index contributed by atoms with van der Waals surface area (Å²) in [6.45, 7) is 0. The molecule has 3 aromatic heterocycles. The Labute approximate surface area is 174 Å². The summed E-state index contributed by atoms with van der Waals surface area (Å²) < 4.78 is 4.01. The van der Waals surface area contributed by atoms with E-state index in [1.54, 1.807) is 4.68 Å². The molecule has 1 unspecified atom stereocenters. The third kappa shape index (κ3) is 3.20. The van der Waals surface area contributed by atoms with E-state index in [-0.39, 0.29) is 11.8 Å². The van der Waals surface area contributed by atoms with Crippen LogP contribution < -0.4 is 5.73 Å². The number of amides is 1. The minimum Gasteiger partial charge on any atom is -0.369 e. The van der Waals surface area contributed by atoms with Crippen LogP contribution in [0.5, 0.6) is 0 Å². The maximum Gasteiger partial charge on any atom is 0.220 e. The zero-order chi connectivity index (χ0) is 20.7. The molecule has 1 atom stereocenters. The van der Waals surface area contributed by atoms with E-state index in [1.165, 1.54) is 5.57 Å². The normalized spacial score (nSPS) is 16.6. The first kappa shape index (κ1) is 18.4. The van der Waals surface area contributed by atoms with Crippen molar-refractivity contribution in [1.29, 1.82) is 0 Å². The average Bonchev–Trinajstić information content (AvgIpc) is 3.40. The highest BCUT2D eigenvalue weighted by atomic mass is 16.1.